The Bertz CT molecular complexity index is 1280. The second-order valence-electron chi connectivity index (χ2n) is 13.0. The lowest BCUT2D eigenvalue weighted by Gasteiger charge is -2.36. The number of aromatic nitrogens is 1. The number of esters is 2. The minimum Gasteiger partial charge on any atom is -0.473 e. The van der Waals surface area contributed by atoms with Crippen molar-refractivity contribution in [2.45, 2.75) is 97.7 Å². The van der Waals surface area contributed by atoms with E-state index in [0.29, 0.717) is 30.0 Å². The molecule has 0 radical (unpaired) electrons. The van der Waals surface area contributed by atoms with Crippen LogP contribution in [0.3, 0.4) is 0 Å². The van der Waals surface area contributed by atoms with Crippen molar-refractivity contribution in [3.63, 3.8) is 0 Å². The van der Waals surface area contributed by atoms with Crippen molar-refractivity contribution in [3.05, 3.63) is 52.8 Å². The number of carbonyl (C=O) groups is 2. The summed E-state index contributed by atoms with van der Waals surface area (Å²) in [6.07, 6.45) is 0.462. The van der Waals surface area contributed by atoms with Gasteiger partial charge in [0.1, 0.15) is 17.0 Å². The Labute approximate surface area is 239 Å². The molecule has 1 aromatic heterocycles. The van der Waals surface area contributed by atoms with E-state index in [1.54, 1.807) is 39.2 Å². The molecular formula is C31H44N2O6Si. The molecule has 0 amide bonds. The standard InChI is InChI=1S/C31H44N2O6Si/c1-11-36-28(35)26-25(31(19-32)17-22(31)18-38-40(9,10)30(6,7)8)24(27(34)39-29(3,4)5)21(2)33(26)20-37-23-15-13-12-14-16-23/h12-16,22H,11,17-18,20H2,1-10H3/t22-,31+/m1/s1. The van der Waals surface area contributed by atoms with Gasteiger partial charge in [0.2, 0.25) is 0 Å². The van der Waals surface area contributed by atoms with Crippen LogP contribution in [0.25, 0.3) is 0 Å². The molecule has 0 aliphatic heterocycles. The van der Waals surface area contributed by atoms with Gasteiger partial charge in [-0.25, -0.2) is 9.59 Å². The molecule has 0 bridgehead atoms. The summed E-state index contributed by atoms with van der Waals surface area (Å²) in [5, 5.41) is 10.6. The molecule has 2 atom stereocenters. The average molecular weight is 569 g/mol. The molecule has 0 spiro atoms. The van der Waals surface area contributed by atoms with E-state index < -0.39 is 31.3 Å². The van der Waals surface area contributed by atoms with E-state index in [0.717, 1.165) is 0 Å². The third-order valence-electron chi connectivity index (χ3n) is 7.90. The molecule has 1 aromatic carbocycles. The van der Waals surface area contributed by atoms with Gasteiger partial charge < -0.3 is 23.2 Å². The number of nitrogens with zero attached hydrogens (tertiary/aromatic N) is 2. The van der Waals surface area contributed by atoms with Crippen LogP contribution in [0.15, 0.2) is 30.3 Å². The number of hydrogen-bond acceptors (Lipinski definition) is 7. The number of ether oxygens (including phenoxy) is 3. The van der Waals surface area contributed by atoms with Crippen LogP contribution in [0.1, 0.15) is 87.0 Å². The zero-order valence-electron chi connectivity index (χ0n) is 25.6. The zero-order valence-corrected chi connectivity index (χ0v) is 26.6. The molecule has 218 valence electrons. The second-order valence-corrected chi connectivity index (χ2v) is 17.8. The molecule has 0 saturated heterocycles. The highest BCUT2D eigenvalue weighted by Gasteiger charge is 2.61. The highest BCUT2D eigenvalue weighted by molar-refractivity contribution is 6.74. The van der Waals surface area contributed by atoms with E-state index in [1.807, 2.05) is 30.3 Å². The first-order chi connectivity index (χ1) is 18.5. The Morgan fingerprint density at radius 1 is 1.10 bits per heavy atom. The molecule has 1 fully saturated rings. The Kier molecular flexibility index (Phi) is 8.97. The van der Waals surface area contributed by atoms with Crippen molar-refractivity contribution in [3.8, 4) is 11.8 Å². The summed E-state index contributed by atoms with van der Waals surface area (Å²) in [6.45, 7) is 20.1. The first kappa shape index (κ1) is 31.4. The Morgan fingerprint density at radius 2 is 1.73 bits per heavy atom. The number of nitriles is 1. The fourth-order valence-electron chi connectivity index (χ4n) is 4.53. The van der Waals surface area contributed by atoms with Gasteiger partial charge in [0.05, 0.1) is 23.7 Å². The summed E-state index contributed by atoms with van der Waals surface area (Å²) in [6, 6.07) is 11.7. The lowest BCUT2D eigenvalue weighted by Crippen LogP contribution is -2.41. The van der Waals surface area contributed by atoms with Gasteiger partial charge in [0.15, 0.2) is 15.0 Å². The van der Waals surface area contributed by atoms with Crippen LogP contribution in [0, 0.1) is 24.2 Å². The maximum absolute atomic E-state index is 13.7. The fraction of sp³-hybridized carbons (Fsp3) is 0.581. The first-order valence-corrected chi connectivity index (χ1v) is 16.8. The van der Waals surface area contributed by atoms with Gasteiger partial charge >= 0.3 is 11.9 Å². The number of carbonyl (C=O) groups excluding carboxylic acids is 2. The Morgan fingerprint density at radius 3 is 2.25 bits per heavy atom. The molecule has 40 heavy (non-hydrogen) atoms. The van der Waals surface area contributed by atoms with Crippen molar-refractivity contribution < 1.29 is 28.2 Å². The summed E-state index contributed by atoms with van der Waals surface area (Å²) in [5.41, 5.74) is -0.686. The van der Waals surface area contributed by atoms with E-state index in [-0.39, 0.29) is 35.6 Å². The predicted octanol–water partition coefficient (Wildman–Crippen LogP) is 6.77. The van der Waals surface area contributed by atoms with Crippen molar-refractivity contribution in [2.75, 3.05) is 13.2 Å². The van der Waals surface area contributed by atoms with E-state index in [2.05, 4.69) is 39.9 Å². The van der Waals surface area contributed by atoms with Crippen molar-refractivity contribution >= 4 is 20.3 Å². The summed E-state index contributed by atoms with van der Waals surface area (Å²) in [5.74, 6) is -0.786. The third-order valence-corrected chi connectivity index (χ3v) is 12.4. The number of rotatable bonds is 10. The van der Waals surface area contributed by atoms with E-state index >= 15 is 0 Å². The molecule has 1 aliphatic carbocycles. The van der Waals surface area contributed by atoms with Gasteiger partial charge in [-0.15, -0.1) is 0 Å². The van der Waals surface area contributed by atoms with Crippen LogP contribution < -0.4 is 4.74 Å². The highest BCUT2D eigenvalue weighted by atomic mass is 28.4. The number of hydrogen-bond donors (Lipinski definition) is 0. The third kappa shape index (κ3) is 6.45. The largest absolute Gasteiger partial charge is 0.473 e. The maximum Gasteiger partial charge on any atom is 0.355 e. The smallest absolute Gasteiger partial charge is 0.355 e. The van der Waals surface area contributed by atoms with Gasteiger partial charge in [-0.3, -0.25) is 0 Å². The summed E-state index contributed by atoms with van der Waals surface area (Å²) < 4.78 is 25.4. The molecule has 2 aromatic rings. The van der Waals surface area contributed by atoms with Crippen molar-refractivity contribution in [2.24, 2.45) is 5.92 Å². The summed E-state index contributed by atoms with van der Waals surface area (Å²) >= 11 is 0. The lowest BCUT2D eigenvalue weighted by atomic mass is 9.90. The maximum atomic E-state index is 13.7. The van der Waals surface area contributed by atoms with Crippen LogP contribution in [0.2, 0.25) is 18.1 Å². The van der Waals surface area contributed by atoms with Crippen LogP contribution in [-0.4, -0.2) is 43.6 Å². The zero-order chi connectivity index (χ0) is 30.1. The van der Waals surface area contributed by atoms with E-state index in [4.69, 9.17) is 18.6 Å². The van der Waals surface area contributed by atoms with Crippen LogP contribution in [-0.2, 0) is 26.0 Å². The number of benzene rings is 1. The Balaban J connectivity index is 2.16. The molecular weight excluding hydrogens is 524 g/mol. The molecule has 1 heterocycles. The van der Waals surface area contributed by atoms with Gasteiger partial charge in [-0.2, -0.15) is 5.26 Å². The minimum absolute atomic E-state index is 0.00362. The molecule has 0 N–H and O–H groups in total. The van der Waals surface area contributed by atoms with Gasteiger partial charge in [-0.05, 0) is 71.3 Å². The van der Waals surface area contributed by atoms with Crippen LogP contribution >= 0.6 is 0 Å². The second kappa shape index (κ2) is 11.4. The van der Waals surface area contributed by atoms with E-state index in [1.165, 1.54) is 0 Å². The molecule has 9 heteroatoms. The molecule has 8 nitrogen and oxygen atoms in total. The SMILES string of the molecule is CCOC(=O)c1c([C@]2(C#N)C[C@@H]2CO[Si](C)(C)C(C)(C)C)c(C(=O)OC(C)(C)C)c(C)n1COc1ccccc1. The monoisotopic (exact) mass is 568 g/mol. The van der Waals surface area contributed by atoms with E-state index in [9.17, 15) is 14.9 Å². The fourth-order valence-corrected chi connectivity index (χ4v) is 5.59. The van der Waals surface area contributed by atoms with Crippen LogP contribution in [0.4, 0.5) is 0 Å². The topological polar surface area (TPSA) is 99.8 Å². The van der Waals surface area contributed by atoms with Gasteiger partial charge in [0, 0.05) is 23.8 Å². The summed E-state index contributed by atoms with van der Waals surface area (Å²) in [7, 11) is -2.09. The first-order valence-electron chi connectivity index (χ1n) is 13.9. The quantitative estimate of drug-likeness (QED) is 0.230. The summed E-state index contributed by atoms with van der Waals surface area (Å²) in [4.78, 5) is 27.2. The average Bonchev–Trinajstić information content (AvgIpc) is 3.49. The number of para-hydroxylation sites is 1. The van der Waals surface area contributed by atoms with Crippen LogP contribution in [0.5, 0.6) is 5.75 Å². The molecule has 1 aliphatic rings. The van der Waals surface area contributed by atoms with Crippen molar-refractivity contribution in [1.82, 2.24) is 4.57 Å². The predicted molar refractivity (Wildman–Crippen MR) is 156 cm³/mol. The normalized spacial score (nSPS) is 19.1. The highest BCUT2D eigenvalue weighted by Crippen LogP contribution is 2.57. The minimum atomic E-state index is -2.09. The van der Waals surface area contributed by atoms with Gasteiger partial charge in [-0.1, -0.05) is 39.0 Å². The van der Waals surface area contributed by atoms with Gasteiger partial charge in [0.25, 0.3) is 0 Å². The lowest BCUT2D eigenvalue weighted by molar-refractivity contribution is 0.00666. The molecule has 3 rings (SSSR count). The Hall–Kier alpha value is -3.09. The molecule has 1 saturated carbocycles. The molecule has 0 unspecified atom stereocenters. The van der Waals surface area contributed by atoms with Crippen molar-refractivity contribution in [1.29, 1.82) is 5.26 Å².